The third-order valence-electron chi connectivity index (χ3n) is 1.22. The Kier molecular flexibility index (Phi) is 5.25. The smallest absolute Gasteiger partial charge is 0.198 e. The Morgan fingerprint density at radius 3 is 2.55 bits per heavy atom. The molecule has 1 N–H and O–H groups in total. The Bertz CT molecular complexity index is 150. The number of hydrogen-bond acceptors (Lipinski definition) is 3. The Balaban J connectivity index is 3.81. The highest BCUT2D eigenvalue weighted by Gasteiger charge is 2.00. The van der Waals surface area contributed by atoms with E-state index in [0.717, 1.165) is 5.76 Å². The molecule has 0 fully saturated rings. The first-order valence-corrected chi connectivity index (χ1v) is 3.73. The van der Waals surface area contributed by atoms with Crippen molar-refractivity contribution in [2.45, 2.75) is 20.8 Å². The summed E-state index contributed by atoms with van der Waals surface area (Å²) in [5.74, 6) is 1.34. The zero-order valence-electron chi connectivity index (χ0n) is 7.59. The van der Waals surface area contributed by atoms with E-state index < -0.39 is 0 Å². The summed E-state index contributed by atoms with van der Waals surface area (Å²) < 4.78 is 5.20. The molecule has 0 aromatic heterocycles. The summed E-state index contributed by atoms with van der Waals surface area (Å²) in [6.07, 6.45) is 3.34. The van der Waals surface area contributed by atoms with E-state index in [0.29, 0.717) is 5.92 Å². The highest BCUT2D eigenvalue weighted by atomic mass is 16.5. The summed E-state index contributed by atoms with van der Waals surface area (Å²) in [7, 11) is 1.73. The summed E-state index contributed by atoms with van der Waals surface area (Å²) in [5, 5.41) is 3.70. The highest BCUT2D eigenvalue weighted by Crippen LogP contribution is 2.08. The van der Waals surface area contributed by atoms with Gasteiger partial charge in [0.15, 0.2) is 6.40 Å². The average Bonchev–Trinajstić information content (AvgIpc) is 1.97. The van der Waals surface area contributed by atoms with E-state index in [1.54, 1.807) is 7.05 Å². The van der Waals surface area contributed by atoms with Crippen LogP contribution in [0.2, 0.25) is 0 Å². The molecule has 0 atom stereocenters. The van der Waals surface area contributed by atoms with Gasteiger partial charge in [-0.15, -0.1) is 5.10 Å². The Morgan fingerprint density at radius 2 is 2.18 bits per heavy atom. The fraction of sp³-hybridized carbons (Fsp3) is 0.625. The van der Waals surface area contributed by atoms with Gasteiger partial charge in [-0.3, -0.25) is 0 Å². The minimum absolute atomic E-state index is 0.406. The minimum Gasteiger partial charge on any atom is -0.449 e. The van der Waals surface area contributed by atoms with Gasteiger partial charge in [-0.05, 0) is 13.0 Å². The van der Waals surface area contributed by atoms with Crippen LogP contribution >= 0.6 is 0 Å². The first kappa shape index (κ1) is 10.0. The summed E-state index contributed by atoms with van der Waals surface area (Å²) in [6.45, 7) is 6.09. The van der Waals surface area contributed by atoms with Crippen LogP contribution in [0.25, 0.3) is 0 Å². The maximum absolute atomic E-state index is 5.20. The maximum atomic E-state index is 5.20. The van der Waals surface area contributed by atoms with Crippen LogP contribution in [0.5, 0.6) is 0 Å². The molecule has 0 bridgehead atoms. The number of nitrogens with zero attached hydrogens (tertiary/aromatic N) is 1. The van der Waals surface area contributed by atoms with E-state index in [1.807, 2.05) is 13.0 Å². The molecule has 0 radical (unpaired) electrons. The monoisotopic (exact) mass is 156 g/mol. The maximum Gasteiger partial charge on any atom is 0.198 e. The SMILES string of the molecule is C/C=C(/O/C=N\NC)C(C)C. The second-order valence-corrected chi connectivity index (χ2v) is 2.42. The molecule has 0 aromatic carbocycles. The molecule has 64 valence electrons. The van der Waals surface area contributed by atoms with E-state index in [1.165, 1.54) is 6.40 Å². The standard InChI is InChI=1S/C8H16N2O/c1-5-8(7(2)3)11-6-10-9-4/h5-7,9H,1-4H3/b8-5+,10-6-. The van der Waals surface area contributed by atoms with E-state index in [-0.39, 0.29) is 0 Å². The molecule has 0 unspecified atom stereocenters. The predicted molar refractivity (Wildman–Crippen MR) is 47.2 cm³/mol. The Morgan fingerprint density at radius 1 is 1.55 bits per heavy atom. The molecule has 0 aliphatic rings. The fourth-order valence-corrected chi connectivity index (χ4v) is 0.677. The van der Waals surface area contributed by atoms with Gasteiger partial charge in [0, 0.05) is 13.0 Å². The van der Waals surface area contributed by atoms with Crippen LogP contribution in [0, 0.1) is 5.92 Å². The van der Waals surface area contributed by atoms with E-state index in [9.17, 15) is 0 Å². The summed E-state index contributed by atoms with van der Waals surface area (Å²) in [5.41, 5.74) is 2.60. The van der Waals surface area contributed by atoms with Crippen molar-refractivity contribution in [3.8, 4) is 0 Å². The van der Waals surface area contributed by atoms with Gasteiger partial charge in [0.2, 0.25) is 0 Å². The van der Waals surface area contributed by atoms with Crippen LogP contribution in [-0.2, 0) is 4.74 Å². The zero-order valence-corrected chi connectivity index (χ0v) is 7.59. The van der Waals surface area contributed by atoms with Crippen molar-refractivity contribution in [2.75, 3.05) is 7.05 Å². The van der Waals surface area contributed by atoms with E-state index in [4.69, 9.17) is 4.74 Å². The lowest BCUT2D eigenvalue weighted by Gasteiger charge is -2.07. The van der Waals surface area contributed by atoms with E-state index in [2.05, 4.69) is 24.4 Å². The number of nitrogens with one attached hydrogen (secondary N) is 1. The van der Waals surface area contributed by atoms with Gasteiger partial charge in [-0.25, -0.2) is 0 Å². The van der Waals surface area contributed by atoms with Crippen LogP contribution in [0.15, 0.2) is 16.9 Å². The van der Waals surface area contributed by atoms with Crippen molar-refractivity contribution < 1.29 is 4.74 Å². The molecule has 0 spiro atoms. The molecular weight excluding hydrogens is 140 g/mol. The van der Waals surface area contributed by atoms with Gasteiger partial charge in [0.25, 0.3) is 0 Å². The van der Waals surface area contributed by atoms with Gasteiger partial charge in [0.1, 0.15) is 5.76 Å². The fourth-order valence-electron chi connectivity index (χ4n) is 0.677. The third-order valence-corrected chi connectivity index (χ3v) is 1.22. The van der Waals surface area contributed by atoms with Crippen molar-refractivity contribution in [1.29, 1.82) is 0 Å². The lowest BCUT2D eigenvalue weighted by Crippen LogP contribution is -2.01. The zero-order chi connectivity index (χ0) is 8.69. The molecule has 3 nitrogen and oxygen atoms in total. The average molecular weight is 156 g/mol. The van der Waals surface area contributed by atoms with Crippen LogP contribution in [0.3, 0.4) is 0 Å². The third kappa shape index (κ3) is 4.42. The Labute approximate surface area is 68.1 Å². The van der Waals surface area contributed by atoms with Gasteiger partial charge < -0.3 is 10.2 Å². The molecule has 11 heavy (non-hydrogen) atoms. The Hall–Kier alpha value is -0.990. The molecule has 0 aliphatic heterocycles. The molecule has 0 heterocycles. The van der Waals surface area contributed by atoms with Crippen LogP contribution in [0.1, 0.15) is 20.8 Å². The molecule has 0 amide bonds. The van der Waals surface area contributed by atoms with Gasteiger partial charge in [-0.1, -0.05) is 13.8 Å². The molecule has 0 rings (SSSR count). The highest BCUT2D eigenvalue weighted by molar-refractivity contribution is 5.47. The largest absolute Gasteiger partial charge is 0.449 e. The van der Waals surface area contributed by atoms with Crippen molar-refractivity contribution in [3.05, 3.63) is 11.8 Å². The molecular formula is C8H16N2O. The summed E-state index contributed by atoms with van der Waals surface area (Å²) in [6, 6.07) is 0. The molecule has 0 saturated carbocycles. The lowest BCUT2D eigenvalue weighted by atomic mass is 10.2. The second-order valence-electron chi connectivity index (χ2n) is 2.42. The molecule has 0 aliphatic carbocycles. The number of hydrogen-bond donors (Lipinski definition) is 1. The second kappa shape index (κ2) is 5.77. The van der Waals surface area contributed by atoms with Gasteiger partial charge in [-0.2, -0.15) is 0 Å². The normalized spacial score (nSPS) is 12.6. The summed E-state index contributed by atoms with van der Waals surface area (Å²) in [4.78, 5) is 0. The number of ether oxygens (including phenoxy) is 1. The van der Waals surface area contributed by atoms with Crippen molar-refractivity contribution in [1.82, 2.24) is 5.43 Å². The minimum atomic E-state index is 0.406. The van der Waals surface area contributed by atoms with E-state index >= 15 is 0 Å². The molecule has 3 heteroatoms. The van der Waals surface area contributed by atoms with Crippen molar-refractivity contribution >= 4 is 6.40 Å². The van der Waals surface area contributed by atoms with Crippen LogP contribution in [-0.4, -0.2) is 13.4 Å². The van der Waals surface area contributed by atoms with Gasteiger partial charge in [0.05, 0.1) is 0 Å². The van der Waals surface area contributed by atoms with Crippen molar-refractivity contribution in [2.24, 2.45) is 11.0 Å². The van der Waals surface area contributed by atoms with Crippen LogP contribution < -0.4 is 5.43 Å². The number of rotatable bonds is 4. The number of allylic oxidation sites excluding steroid dienone is 2. The molecule has 0 aromatic rings. The van der Waals surface area contributed by atoms with Crippen LogP contribution in [0.4, 0.5) is 0 Å². The first-order valence-electron chi connectivity index (χ1n) is 3.73. The summed E-state index contributed by atoms with van der Waals surface area (Å²) >= 11 is 0. The van der Waals surface area contributed by atoms with Crippen molar-refractivity contribution in [3.63, 3.8) is 0 Å². The predicted octanol–water partition coefficient (Wildman–Crippen LogP) is 1.73. The molecule has 0 saturated heterocycles. The quantitative estimate of drug-likeness (QED) is 0.291. The topological polar surface area (TPSA) is 33.6 Å². The van der Waals surface area contributed by atoms with Gasteiger partial charge >= 0.3 is 0 Å². The number of hydrazone groups is 1. The first-order chi connectivity index (χ1) is 5.22. The lowest BCUT2D eigenvalue weighted by molar-refractivity contribution is 0.369.